The van der Waals surface area contributed by atoms with Crippen molar-refractivity contribution in [3.8, 4) is 5.82 Å². The molecule has 0 radical (unpaired) electrons. The largest absolute Gasteiger partial charge is 0.432 e. The van der Waals surface area contributed by atoms with Crippen LogP contribution >= 0.6 is 0 Å². The lowest BCUT2D eigenvalue weighted by Gasteiger charge is -2.00. The van der Waals surface area contributed by atoms with E-state index >= 15 is 0 Å². The van der Waals surface area contributed by atoms with Crippen LogP contribution < -0.4 is 5.56 Å². The number of nitrogens with zero attached hydrogens (tertiary/aromatic N) is 2. The molecule has 0 saturated heterocycles. The van der Waals surface area contributed by atoms with Crippen molar-refractivity contribution in [3.05, 3.63) is 46.5 Å². The molecule has 84 valence electrons. The van der Waals surface area contributed by atoms with Gasteiger partial charge in [0.05, 0.1) is 0 Å². The van der Waals surface area contributed by atoms with Crippen LogP contribution in [0, 0.1) is 0 Å². The Labute approximate surface area is 87.3 Å². The zero-order valence-electron chi connectivity index (χ0n) is 7.82. The Balaban J connectivity index is 2.48. The lowest BCUT2D eigenvalue weighted by atomic mass is 10.4. The highest BCUT2D eigenvalue weighted by atomic mass is 19.4. The second kappa shape index (κ2) is 3.51. The number of H-pyrrole nitrogens is 1. The number of pyridine rings is 1. The van der Waals surface area contributed by atoms with E-state index in [1.54, 1.807) is 0 Å². The van der Waals surface area contributed by atoms with Gasteiger partial charge in [0.1, 0.15) is 5.69 Å². The maximum absolute atomic E-state index is 12.3. The Hall–Kier alpha value is -2.05. The maximum atomic E-state index is 12.3. The molecule has 0 fully saturated rings. The zero-order valence-corrected chi connectivity index (χ0v) is 7.82. The van der Waals surface area contributed by atoms with Crippen LogP contribution in [-0.2, 0) is 6.18 Å². The summed E-state index contributed by atoms with van der Waals surface area (Å²) in [7, 11) is 0. The summed E-state index contributed by atoms with van der Waals surface area (Å²) in [5.41, 5.74) is -1.43. The molecule has 16 heavy (non-hydrogen) atoms. The molecule has 1 N–H and O–H groups in total. The fourth-order valence-corrected chi connectivity index (χ4v) is 1.20. The molecular formula is C9H6F3N3O. The van der Waals surface area contributed by atoms with Gasteiger partial charge >= 0.3 is 6.18 Å². The third-order valence-electron chi connectivity index (χ3n) is 1.94. The van der Waals surface area contributed by atoms with Crippen LogP contribution in [0.5, 0.6) is 0 Å². The monoisotopic (exact) mass is 229 g/mol. The van der Waals surface area contributed by atoms with E-state index in [9.17, 15) is 18.0 Å². The third-order valence-corrected chi connectivity index (χ3v) is 1.94. The van der Waals surface area contributed by atoms with Gasteiger partial charge in [-0.3, -0.25) is 14.5 Å². The Bertz CT molecular complexity index is 555. The van der Waals surface area contributed by atoms with Crippen molar-refractivity contribution in [3.63, 3.8) is 0 Å². The summed E-state index contributed by atoms with van der Waals surface area (Å²) in [6, 6.07) is 5.04. The smallest absolute Gasteiger partial charge is 0.271 e. The minimum atomic E-state index is -4.50. The van der Waals surface area contributed by atoms with E-state index in [0.717, 1.165) is 10.6 Å². The predicted molar refractivity (Wildman–Crippen MR) is 49.2 cm³/mol. The first kappa shape index (κ1) is 10.5. The number of hydrogen-bond donors (Lipinski definition) is 1. The molecule has 0 aliphatic heterocycles. The topological polar surface area (TPSA) is 50.7 Å². The number of hydrogen-bond acceptors (Lipinski definition) is 2. The van der Waals surface area contributed by atoms with Gasteiger partial charge in [-0.1, -0.05) is 6.07 Å². The average Bonchev–Trinajstić information content (AvgIpc) is 2.66. The summed E-state index contributed by atoms with van der Waals surface area (Å²) in [5.74, 6) is -0.0853. The summed E-state index contributed by atoms with van der Waals surface area (Å²) in [4.78, 5) is 11.3. The first-order chi connectivity index (χ1) is 7.48. The molecule has 0 aliphatic rings. The quantitative estimate of drug-likeness (QED) is 0.807. The van der Waals surface area contributed by atoms with Crippen molar-refractivity contribution in [2.75, 3.05) is 0 Å². The minimum Gasteiger partial charge on any atom is -0.271 e. The molecule has 0 atom stereocenters. The SMILES string of the molecule is O=c1ccccn1-c1cc(C(F)(F)F)[nH]n1. The Morgan fingerprint density at radius 3 is 2.62 bits per heavy atom. The van der Waals surface area contributed by atoms with Crippen molar-refractivity contribution in [1.29, 1.82) is 0 Å². The molecule has 0 aromatic carbocycles. The van der Waals surface area contributed by atoms with Crippen molar-refractivity contribution in [2.45, 2.75) is 6.18 Å². The van der Waals surface area contributed by atoms with E-state index in [-0.39, 0.29) is 5.82 Å². The number of nitrogens with one attached hydrogen (secondary N) is 1. The first-order valence-electron chi connectivity index (χ1n) is 4.29. The lowest BCUT2D eigenvalue weighted by Crippen LogP contribution is -2.15. The number of alkyl halides is 3. The van der Waals surface area contributed by atoms with E-state index in [0.29, 0.717) is 0 Å². The summed E-state index contributed by atoms with van der Waals surface area (Å²) in [5, 5.41) is 5.27. The van der Waals surface area contributed by atoms with Crippen LogP contribution in [0.15, 0.2) is 35.3 Å². The fraction of sp³-hybridized carbons (Fsp3) is 0.111. The molecule has 0 spiro atoms. The molecule has 2 aromatic heterocycles. The van der Waals surface area contributed by atoms with Crippen LogP contribution in [0.3, 0.4) is 0 Å². The predicted octanol–water partition coefficient (Wildman–Crippen LogP) is 1.58. The number of aromatic nitrogens is 3. The zero-order chi connectivity index (χ0) is 11.8. The lowest BCUT2D eigenvalue weighted by molar-refractivity contribution is -0.141. The fourth-order valence-electron chi connectivity index (χ4n) is 1.20. The van der Waals surface area contributed by atoms with Gasteiger partial charge in [0.25, 0.3) is 5.56 Å². The molecular weight excluding hydrogens is 223 g/mol. The first-order valence-corrected chi connectivity index (χ1v) is 4.29. The highest BCUT2D eigenvalue weighted by molar-refractivity contribution is 5.26. The number of rotatable bonds is 1. The van der Waals surface area contributed by atoms with E-state index < -0.39 is 17.4 Å². The van der Waals surface area contributed by atoms with Gasteiger partial charge in [0.15, 0.2) is 5.82 Å². The van der Waals surface area contributed by atoms with Crippen molar-refractivity contribution in [2.24, 2.45) is 0 Å². The van der Waals surface area contributed by atoms with E-state index in [2.05, 4.69) is 5.10 Å². The standard InChI is InChI=1S/C9H6F3N3O/c10-9(11,12)6-5-7(14-13-6)15-4-2-1-3-8(15)16/h1-5H,(H,13,14). The van der Waals surface area contributed by atoms with Gasteiger partial charge in [0, 0.05) is 18.3 Å². The molecule has 4 nitrogen and oxygen atoms in total. The Morgan fingerprint density at radius 2 is 2.06 bits per heavy atom. The Morgan fingerprint density at radius 1 is 1.31 bits per heavy atom. The van der Waals surface area contributed by atoms with Crippen LogP contribution in [0.2, 0.25) is 0 Å². The van der Waals surface area contributed by atoms with Gasteiger partial charge < -0.3 is 0 Å². The Kier molecular flexibility index (Phi) is 2.30. The average molecular weight is 229 g/mol. The highest BCUT2D eigenvalue weighted by Gasteiger charge is 2.33. The van der Waals surface area contributed by atoms with Gasteiger partial charge in [-0.25, -0.2) is 0 Å². The molecule has 0 saturated carbocycles. The second-order valence-electron chi connectivity index (χ2n) is 3.05. The summed E-state index contributed by atoms with van der Waals surface area (Å²) < 4.78 is 37.8. The molecule has 0 aliphatic carbocycles. The highest BCUT2D eigenvalue weighted by Crippen LogP contribution is 2.28. The van der Waals surface area contributed by atoms with Gasteiger partial charge in [-0.2, -0.15) is 18.3 Å². The molecule has 7 heteroatoms. The minimum absolute atomic E-state index is 0.0853. The van der Waals surface area contributed by atoms with Crippen molar-refractivity contribution >= 4 is 0 Å². The summed E-state index contributed by atoms with van der Waals surface area (Å²) in [6.45, 7) is 0. The molecule has 0 amide bonds. The van der Waals surface area contributed by atoms with Crippen LogP contribution in [0.25, 0.3) is 5.82 Å². The third kappa shape index (κ3) is 1.83. The van der Waals surface area contributed by atoms with Crippen LogP contribution in [-0.4, -0.2) is 14.8 Å². The number of halogens is 3. The normalized spacial score (nSPS) is 11.7. The van der Waals surface area contributed by atoms with E-state index in [1.165, 1.54) is 24.4 Å². The second-order valence-corrected chi connectivity index (χ2v) is 3.05. The van der Waals surface area contributed by atoms with Crippen LogP contribution in [0.4, 0.5) is 13.2 Å². The molecule has 2 heterocycles. The van der Waals surface area contributed by atoms with E-state index in [1.807, 2.05) is 5.10 Å². The van der Waals surface area contributed by atoms with Crippen LogP contribution in [0.1, 0.15) is 5.69 Å². The summed E-state index contributed by atoms with van der Waals surface area (Å²) in [6.07, 6.45) is -3.15. The molecule has 2 aromatic rings. The van der Waals surface area contributed by atoms with Gasteiger partial charge in [0.2, 0.25) is 0 Å². The maximum Gasteiger partial charge on any atom is 0.432 e. The number of aromatic amines is 1. The molecule has 0 unspecified atom stereocenters. The van der Waals surface area contributed by atoms with Gasteiger partial charge in [-0.05, 0) is 6.07 Å². The van der Waals surface area contributed by atoms with Crippen molar-refractivity contribution < 1.29 is 13.2 Å². The molecule has 2 rings (SSSR count). The van der Waals surface area contributed by atoms with E-state index in [4.69, 9.17) is 0 Å². The van der Waals surface area contributed by atoms with Gasteiger partial charge in [-0.15, -0.1) is 0 Å². The summed E-state index contributed by atoms with van der Waals surface area (Å²) >= 11 is 0. The molecule has 0 bridgehead atoms. The van der Waals surface area contributed by atoms with Crippen molar-refractivity contribution in [1.82, 2.24) is 14.8 Å².